The molecule has 0 aliphatic heterocycles. The molecule has 1 atom stereocenters. The number of nitrogens with one attached hydrogen (secondary N) is 1. The zero-order chi connectivity index (χ0) is 15.6. The van der Waals surface area contributed by atoms with Gasteiger partial charge >= 0.3 is 5.97 Å². The first-order valence-corrected chi connectivity index (χ1v) is 6.51. The van der Waals surface area contributed by atoms with Crippen LogP contribution in [0, 0.1) is 6.92 Å². The van der Waals surface area contributed by atoms with Crippen LogP contribution in [0.25, 0.3) is 0 Å². The Morgan fingerprint density at radius 2 is 1.86 bits per heavy atom. The molecule has 2 rings (SSSR count). The lowest BCUT2D eigenvalue weighted by Crippen LogP contribution is -2.08. The Morgan fingerprint density at radius 3 is 2.43 bits per heavy atom. The van der Waals surface area contributed by atoms with Crippen molar-refractivity contribution in [3.8, 4) is 11.5 Å². The molecule has 110 valence electrons. The van der Waals surface area contributed by atoms with Gasteiger partial charge in [0.15, 0.2) is 0 Å². The molecule has 0 aliphatic carbocycles. The summed E-state index contributed by atoms with van der Waals surface area (Å²) < 4.78 is 0. The molecule has 0 radical (unpaired) electrons. The molecule has 0 heterocycles. The third-order valence-electron chi connectivity index (χ3n) is 3.33. The first kappa shape index (κ1) is 14.7. The maximum absolute atomic E-state index is 10.9. The van der Waals surface area contributed by atoms with Crippen molar-refractivity contribution in [2.45, 2.75) is 19.9 Å². The second-order valence-electron chi connectivity index (χ2n) is 4.94. The minimum absolute atomic E-state index is 0.00504. The molecule has 4 N–H and O–H groups in total. The molecule has 0 aliphatic rings. The normalized spacial score (nSPS) is 11.9. The highest BCUT2D eigenvalue weighted by atomic mass is 16.4. The number of carboxylic acid groups (broad SMARTS) is 1. The Labute approximate surface area is 122 Å². The summed E-state index contributed by atoms with van der Waals surface area (Å²) in [5, 5.41) is 31.3. The van der Waals surface area contributed by atoms with E-state index in [1.54, 1.807) is 18.2 Å². The Kier molecular flexibility index (Phi) is 4.03. The zero-order valence-corrected chi connectivity index (χ0v) is 11.8. The van der Waals surface area contributed by atoms with Gasteiger partial charge < -0.3 is 20.6 Å². The molecule has 2 aromatic carbocycles. The monoisotopic (exact) mass is 287 g/mol. The first-order chi connectivity index (χ1) is 9.88. The van der Waals surface area contributed by atoms with E-state index in [1.165, 1.54) is 18.2 Å². The zero-order valence-electron chi connectivity index (χ0n) is 11.8. The summed E-state index contributed by atoms with van der Waals surface area (Å²) in [5.74, 6) is -0.950. The van der Waals surface area contributed by atoms with Gasteiger partial charge in [-0.15, -0.1) is 0 Å². The molecule has 0 bridgehead atoms. The van der Waals surface area contributed by atoms with Crippen LogP contribution in [0.3, 0.4) is 0 Å². The van der Waals surface area contributed by atoms with Crippen molar-refractivity contribution in [3.05, 3.63) is 53.1 Å². The van der Waals surface area contributed by atoms with Crippen molar-refractivity contribution < 1.29 is 20.1 Å². The third-order valence-corrected chi connectivity index (χ3v) is 3.33. The Bertz CT molecular complexity index is 682. The number of aryl methyl sites for hydroxylation is 1. The van der Waals surface area contributed by atoms with Crippen molar-refractivity contribution in [2.24, 2.45) is 0 Å². The summed E-state index contributed by atoms with van der Waals surface area (Å²) in [6.45, 7) is 3.69. The van der Waals surface area contributed by atoms with E-state index in [0.717, 1.165) is 11.3 Å². The number of phenolic OH excluding ortho intramolecular Hbond substituents is 2. The topological polar surface area (TPSA) is 89.8 Å². The molecular weight excluding hydrogens is 270 g/mol. The van der Waals surface area contributed by atoms with Crippen molar-refractivity contribution >= 4 is 11.7 Å². The predicted octanol–water partition coefficient (Wildman–Crippen LogP) is 3.28. The molecule has 1 unspecified atom stereocenters. The largest absolute Gasteiger partial charge is 0.508 e. The quantitative estimate of drug-likeness (QED) is 0.693. The van der Waals surface area contributed by atoms with Crippen molar-refractivity contribution in [2.75, 3.05) is 5.32 Å². The highest BCUT2D eigenvalue weighted by molar-refractivity contribution is 5.88. The van der Waals surface area contributed by atoms with Crippen LogP contribution >= 0.6 is 0 Å². The van der Waals surface area contributed by atoms with E-state index >= 15 is 0 Å². The van der Waals surface area contributed by atoms with Crippen molar-refractivity contribution in [1.29, 1.82) is 0 Å². The molecule has 0 aromatic heterocycles. The number of anilines is 1. The van der Waals surface area contributed by atoms with Gasteiger partial charge in [0.05, 0.1) is 11.6 Å². The molecule has 0 spiro atoms. The second kappa shape index (κ2) is 5.75. The van der Waals surface area contributed by atoms with Crippen molar-refractivity contribution in [3.63, 3.8) is 0 Å². The maximum Gasteiger partial charge on any atom is 0.335 e. The lowest BCUT2D eigenvalue weighted by molar-refractivity contribution is 0.0697. The van der Waals surface area contributed by atoms with Crippen LogP contribution in [0.1, 0.15) is 34.5 Å². The molecule has 2 aromatic rings. The lowest BCUT2D eigenvalue weighted by atomic mass is 10.0. The van der Waals surface area contributed by atoms with Gasteiger partial charge in [-0.25, -0.2) is 4.79 Å². The molecule has 0 amide bonds. The smallest absolute Gasteiger partial charge is 0.335 e. The number of hydrogen-bond donors (Lipinski definition) is 4. The second-order valence-corrected chi connectivity index (χ2v) is 4.94. The molecule has 0 saturated carbocycles. The number of rotatable bonds is 4. The molecule has 5 heteroatoms. The van der Waals surface area contributed by atoms with Crippen molar-refractivity contribution in [1.82, 2.24) is 0 Å². The number of hydrogen-bond acceptors (Lipinski definition) is 4. The van der Waals surface area contributed by atoms with Crippen LogP contribution in [0.5, 0.6) is 11.5 Å². The van der Waals surface area contributed by atoms with Crippen LogP contribution in [0.15, 0.2) is 36.4 Å². The summed E-state index contributed by atoms with van der Waals surface area (Å²) in [7, 11) is 0. The highest BCUT2D eigenvalue weighted by Gasteiger charge is 2.13. The molecular formula is C16H17NO4. The minimum Gasteiger partial charge on any atom is -0.508 e. The van der Waals surface area contributed by atoms with Crippen LogP contribution in [-0.2, 0) is 0 Å². The standard InChI is InChI=1S/C16H17NO4/c1-9-7-11(16(20)21)3-6-14(9)17-10(2)13-5-4-12(18)8-15(13)19/h3-8,10,17-19H,1-2H3,(H,20,21). The van der Waals surface area contributed by atoms with Crippen LogP contribution < -0.4 is 5.32 Å². The molecule has 0 fully saturated rings. The van der Waals surface area contributed by atoms with Gasteiger partial charge in [-0.05, 0) is 49.7 Å². The Hall–Kier alpha value is -2.69. The number of aromatic carboxylic acids is 1. The number of carboxylic acids is 1. The van der Waals surface area contributed by atoms with Gasteiger partial charge in [0, 0.05) is 17.3 Å². The predicted molar refractivity (Wildman–Crippen MR) is 79.9 cm³/mol. The number of carbonyl (C=O) groups is 1. The number of aromatic hydroxyl groups is 2. The van der Waals surface area contributed by atoms with E-state index in [4.69, 9.17) is 5.11 Å². The fourth-order valence-electron chi connectivity index (χ4n) is 2.17. The first-order valence-electron chi connectivity index (χ1n) is 6.51. The highest BCUT2D eigenvalue weighted by Crippen LogP contribution is 2.30. The Balaban J connectivity index is 2.23. The minimum atomic E-state index is -0.964. The van der Waals surface area contributed by atoms with E-state index < -0.39 is 5.97 Å². The van der Waals surface area contributed by atoms with E-state index in [1.807, 2.05) is 13.8 Å². The van der Waals surface area contributed by atoms with Gasteiger partial charge in [0.1, 0.15) is 11.5 Å². The van der Waals surface area contributed by atoms with E-state index in [0.29, 0.717) is 5.56 Å². The van der Waals surface area contributed by atoms with E-state index in [2.05, 4.69) is 5.32 Å². The Morgan fingerprint density at radius 1 is 1.14 bits per heavy atom. The fraction of sp³-hybridized carbons (Fsp3) is 0.188. The fourth-order valence-corrected chi connectivity index (χ4v) is 2.17. The average Bonchev–Trinajstić information content (AvgIpc) is 2.40. The lowest BCUT2D eigenvalue weighted by Gasteiger charge is -2.18. The molecule has 0 saturated heterocycles. The molecule has 21 heavy (non-hydrogen) atoms. The number of benzene rings is 2. The van der Waals surface area contributed by atoms with Gasteiger partial charge in [-0.3, -0.25) is 0 Å². The summed E-state index contributed by atoms with van der Waals surface area (Å²) >= 11 is 0. The van der Waals surface area contributed by atoms with Crippen LogP contribution in [0.2, 0.25) is 0 Å². The van der Waals surface area contributed by atoms with E-state index in [9.17, 15) is 15.0 Å². The summed E-state index contributed by atoms with van der Waals surface area (Å²) in [4.78, 5) is 10.9. The summed E-state index contributed by atoms with van der Waals surface area (Å²) in [5.41, 5.74) is 2.48. The van der Waals surface area contributed by atoms with Gasteiger partial charge in [-0.1, -0.05) is 0 Å². The SMILES string of the molecule is Cc1cc(C(=O)O)ccc1NC(C)c1ccc(O)cc1O. The molecule has 5 nitrogen and oxygen atoms in total. The third kappa shape index (κ3) is 3.25. The number of phenols is 2. The summed E-state index contributed by atoms with van der Waals surface area (Å²) in [6, 6.07) is 9.06. The average molecular weight is 287 g/mol. The van der Waals surface area contributed by atoms with Crippen LogP contribution in [-0.4, -0.2) is 21.3 Å². The summed E-state index contributed by atoms with van der Waals surface area (Å²) in [6.07, 6.45) is 0. The maximum atomic E-state index is 10.9. The van der Waals surface area contributed by atoms with Gasteiger partial charge in [0.25, 0.3) is 0 Å². The van der Waals surface area contributed by atoms with Crippen LogP contribution in [0.4, 0.5) is 5.69 Å². The van der Waals surface area contributed by atoms with Gasteiger partial charge in [-0.2, -0.15) is 0 Å². The van der Waals surface area contributed by atoms with Gasteiger partial charge in [0.2, 0.25) is 0 Å². The van der Waals surface area contributed by atoms with E-state index in [-0.39, 0.29) is 23.1 Å².